The van der Waals surface area contributed by atoms with Gasteiger partial charge in [-0.15, -0.1) is 0 Å². The minimum Gasteiger partial charge on any atom is -0.320 e. The summed E-state index contributed by atoms with van der Waals surface area (Å²) in [5, 5.41) is 8.74. The molecule has 0 N–H and O–H groups in total. The van der Waals surface area contributed by atoms with Crippen molar-refractivity contribution < 1.29 is 0 Å². The second kappa shape index (κ2) is 5.02. The number of azo groups is 1. The van der Waals surface area contributed by atoms with Gasteiger partial charge in [0.25, 0.3) is 0 Å². The van der Waals surface area contributed by atoms with Crippen molar-refractivity contribution >= 4 is 21.6 Å². The number of halogens is 1. The predicted molar refractivity (Wildman–Crippen MR) is 85.7 cm³/mol. The molecule has 3 nitrogen and oxygen atoms in total. The van der Waals surface area contributed by atoms with Gasteiger partial charge in [0.1, 0.15) is 6.04 Å². The second-order valence-corrected chi connectivity index (χ2v) is 6.19. The van der Waals surface area contributed by atoms with Crippen molar-refractivity contribution in [1.82, 2.24) is 0 Å². The lowest BCUT2D eigenvalue weighted by Crippen LogP contribution is -2.15. The molecule has 0 saturated carbocycles. The fraction of sp³-hybridized carbons (Fsp3) is 0.250. The van der Waals surface area contributed by atoms with Crippen LogP contribution in [0.4, 0.5) is 5.69 Å². The van der Waals surface area contributed by atoms with Gasteiger partial charge in [-0.05, 0) is 25.5 Å². The zero-order valence-electron chi connectivity index (χ0n) is 11.6. The number of hydrogen-bond donors (Lipinski definition) is 0. The Morgan fingerprint density at radius 3 is 2.90 bits per heavy atom. The Morgan fingerprint density at radius 2 is 2.20 bits per heavy atom. The van der Waals surface area contributed by atoms with Crippen LogP contribution in [-0.2, 0) is 0 Å². The summed E-state index contributed by atoms with van der Waals surface area (Å²) in [6.07, 6.45) is 2.70. The standard InChI is InChI=1S/C16H16BrN3/c1-4-20-14-8-6-5-7-12(14)16-13(11(3)18-19-16)9-15(20)10(2)17/h4-8,16H,1,9H2,2-3H3/b15-10+. The number of fused-ring (bicyclic) bond motifs is 3. The topological polar surface area (TPSA) is 28.0 Å². The molecular weight excluding hydrogens is 314 g/mol. The molecule has 0 radical (unpaired) electrons. The molecular formula is C16H16BrN3. The first-order chi connectivity index (χ1) is 9.63. The SMILES string of the molecule is C=CN1/C(=C(\C)Br)CC2=C(C)N=NC2c2ccccc21. The molecule has 1 unspecified atom stereocenters. The number of rotatable bonds is 1. The van der Waals surface area contributed by atoms with Gasteiger partial charge in [-0.25, -0.2) is 0 Å². The lowest BCUT2D eigenvalue weighted by atomic mass is 9.96. The summed E-state index contributed by atoms with van der Waals surface area (Å²) >= 11 is 3.63. The third kappa shape index (κ3) is 1.95. The molecule has 0 bridgehead atoms. The van der Waals surface area contributed by atoms with E-state index in [2.05, 4.69) is 62.8 Å². The third-order valence-corrected chi connectivity index (χ3v) is 4.30. The summed E-state index contributed by atoms with van der Waals surface area (Å²) in [4.78, 5) is 2.15. The predicted octanol–water partition coefficient (Wildman–Crippen LogP) is 5.45. The first kappa shape index (κ1) is 13.3. The van der Waals surface area contributed by atoms with Gasteiger partial charge in [-0.3, -0.25) is 0 Å². The van der Waals surface area contributed by atoms with Crippen LogP contribution in [0.2, 0.25) is 0 Å². The van der Waals surface area contributed by atoms with Crippen LogP contribution in [-0.4, -0.2) is 0 Å². The Balaban J connectivity index is 2.29. The van der Waals surface area contributed by atoms with Crippen LogP contribution in [0.1, 0.15) is 31.9 Å². The Morgan fingerprint density at radius 1 is 1.45 bits per heavy atom. The fourth-order valence-corrected chi connectivity index (χ4v) is 3.13. The van der Waals surface area contributed by atoms with E-state index in [1.54, 1.807) is 0 Å². The van der Waals surface area contributed by atoms with Gasteiger partial charge in [-0.2, -0.15) is 10.2 Å². The van der Waals surface area contributed by atoms with E-state index in [4.69, 9.17) is 0 Å². The summed E-state index contributed by atoms with van der Waals surface area (Å²) in [6.45, 7) is 8.07. The van der Waals surface area contributed by atoms with E-state index >= 15 is 0 Å². The molecule has 4 heteroatoms. The highest BCUT2D eigenvalue weighted by atomic mass is 79.9. The van der Waals surface area contributed by atoms with Crippen LogP contribution in [0.5, 0.6) is 0 Å². The van der Waals surface area contributed by atoms with Crippen molar-refractivity contribution in [3.05, 3.63) is 64.1 Å². The Hall–Kier alpha value is -1.68. The molecule has 2 heterocycles. The molecule has 1 aromatic carbocycles. The molecule has 20 heavy (non-hydrogen) atoms. The summed E-state index contributed by atoms with van der Waals surface area (Å²) in [6, 6.07) is 8.37. The van der Waals surface area contributed by atoms with Crippen molar-refractivity contribution in [3.8, 4) is 0 Å². The van der Waals surface area contributed by atoms with Crippen LogP contribution in [0.25, 0.3) is 0 Å². The van der Waals surface area contributed by atoms with E-state index in [0.29, 0.717) is 0 Å². The number of benzene rings is 1. The zero-order valence-corrected chi connectivity index (χ0v) is 13.2. The second-order valence-electron chi connectivity index (χ2n) is 5.00. The van der Waals surface area contributed by atoms with Gasteiger partial charge in [0, 0.05) is 28.4 Å². The van der Waals surface area contributed by atoms with E-state index in [1.165, 1.54) is 16.8 Å². The molecule has 0 amide bonds. The maximum Gasteiger partial charge on any atom is 0.122 e. The molecule has 102 valence electrons. The van der Waals surface area contributed by atoms with Crippen LogP contribution < -0.4 is 4.90 Å². The maximum atomic E-state index is 4.45. The van der Waals surface area contributed by atoms with Crippen LogP contribution >= 0.6 is 15.9 Å². The van der Waals surface area contributed by atoms with Gasteiger partial charge in [0.15, 0.2) is 0 Å². The molecule has 0 aliphatic carbocycles. The van der Waals surface area contributed by atoms with E-state index in [1.807, 2.05) is 19.2 Å². The molecule has 1 aromatic rings. The van der Waals surface area contributed by atoms with Crippen molar-refractivity contribution in [2.24, 2.45) is 10.2 Å². The maximum absolute atomic E-state index is 4.45. The largest absolute Gasteiger partial charge is 0.320 e. The number of hydrogen-bond acceptors (Lipinski definition) is 3. The van der Waals surface area contributed by atoms with Gasteiger partial charge >= 0.3 is 0 Å². The fourth-order valence-electron chi connectivity index (χ4n) is 2.80. The molecule has 2 aliphatic heterocycles. The first-order valence-corrected chi connectivity index (χ1v) is 7.39. The number of allylic oxidation sites excluding steroid dienone is 3. The van der Waals surface area contributed by atoms with Crippen molar-refractivity contribution in [2.75, 3.05) is 4.90 Å². The lowest BCUT2D eigenvalue weighted by molar-refractivity contribution is 0.821. The summed E-state index contributed by atoms with van der Waals surface area (Å²) < 4.78 is 1.11. The molecule has 2 aliphatic rings. The molecule has 3 rings (SSSR count). The lowest BCUT2D eigenvalue weighted by Gasteiger charge is -2.24. The van der Waals surface area contributed by atoms with Crippen LogP contribution in [0.15, 0.2) is 68.7 Å². The molecule has 0 spiro atoms. The van der Waals surface area contributed by atoms with Gasteiger partial charge in [0.2, 0.25) is 0 Å². The average Bonchev–Trinajstić information content (AvgIpc) is 2.73. The number of nitrogens with zero attached hydrogens (tertiary/aromatic N) is 3. The summed E-state index contributed by atoms with van der Waals surface area (Å²) in [5.74, 6) is 0. The normalized spacial score (nSPS) is 23.4. The molecule has 1 atom stereocenters. The Labute approximate surface area is 127 Å². The Bertz CT molecular complexity index is 666. The van der Waals surface area contributed by atoms with E-state index in [9.17, 15) is 0 Å². The monoisotopic (exact) mass is 329 g/mol. The highest BCUT2D eigenvalue weighted by molar-refractivity contribution is 9.11. The summed E-state index contributed by atoms with van der Waals surface area (Å²) in [7, 11) is 0. The average molecular weight is 330 g/mol. The minimum absolute atomic E-state index is 0.0398. The molecule has 0 aromatic heterocycles. The highest BCUT2D eigenvalue weighted by Gasteiger charge is 2.32. The minimum atomic E-state index is 0.0398. The molecule has 0 saturated heterocycles. The van der Waals surface area contributed by atoms with Crippen molar-refractivity contribution in [1.29, 1.82) is 0 Å². The first-order valence-electron chi connectivity index (χ1n) is 6.60. The van der Waals surface area contributed by atoms with Crippen LogP contribution in [0.3, 0.4) is 0 Å². The zero-order chi connectivity index (χ0) is 14.3. The smallest absolute Gasteiger partial charge is 0.122 e. The molecule has 0 fully saturated rings. The van der Waals surface area contributed by atoms with Crippen LogP contribution in [0, 0.1) is 0 Å². The third-order valence-electron chi connectivity index (χ3n) is 3.84. The highest BCUT2D eigenvalue weighted by Crippen LogP contribution is 2.47. The quantitative estimate of drug-likeness (QED) is 0.673. The number of anilines is 1. The Kier molecular flexibility index (Phi) is 3.34. The van der Waals surface area contributed by atoms with E-state index < -0.39 is 0 Å². The number of para-hydroxylation sites is 1. The van der Waals surface area contributed by atoms with Crippen molar-refractivity contribution in [2.45, 2.75) is 26.3 Å². The van der Waals surface area contributed by atoms with E-state index in [0.717, 1.165) is 22.3 Å². The van der Waals surface area contributed by atoms with Gasteiger partial charge in [0.05, 0.1) is 11.4 Å². The van der Waals surface area contributed by atoms with Gasteiger partial charge < -0.3 is 4.90 Å². The van der Waals surface area contributed by atoms with Gasteiger partial charge in [-0.1, -0.05) is 40.7 Å². The van der Waals surface area contributed by atoms with E-state index in [-0.39, 0.29) is 6.04 Å². The summed E-state index contributed by atoms with van der Waals surface area (Å²) in [5.41, 5.74) is 5.81. The van der Waals surface area contributed by atoms with Crippen molar-refractivity contribution in [3.63, 3.8) is 0 Å².